The molecule has 2 unspecified atom stereocenters. The standard InChI is InChI=1S/C25H31N5O4S2/c1-16(31)28-18-9-7-17(8-10-18)23(32)30-11-5-6-19(14-30)29-24-27-13-22(35-24)36(33)15-21-26-12-20(34-21)25(2,3)4/h7-10,12-13,19H,5-6,11,14-15H2,1-4H3,(H,27,29)(H,28,31). The molecule has 4 rings (SSSR count). The molecule has 36 heavy (non-hydrogen) atoms. The molecule has 0 spiro atoms. The first-order valence-electron chi connectivity index (χ1n) is 11.8. The summed E-state index contributed by atoms with van der Waals surface area (Å²) in [6, 6.07) is 6.97. The lowest BCUT2D eigenvalue weighted by molar-refractivity contribution is -0.114. The average molecular weight is 530 g/mol. The molecule has 0 aliphatic carbocycles. The zero-order chi connectivity index (χ0) is 25.9. The highest BCUT2D eigenvalue weighted by Gasteiger charge is 2.27. The Labute approximate surface area is 217 Å². The van der Waals surface area contributed by atoms with E-state index in [4.69, 9.17) is 4.42 Å². The summed E-state index contributed by atoms with van der Waals surface area (Å²) in [6.07, 6.45) is 5.10. The van der Waals surface area contributed by atoms with Crippen molar-refractivity contribution in [3.8, 4) is 0 Å². The molecular formula is C25H31N5O4S2. The summed E-state index contributed by atoms with van der Waals surface area (Å²) in [7, 11) is 0. The predicted octanol–water partition coefficient (Wildman–Crippen LogP) is 4.41. The molecule has 1 saturated heterocycles. The fraction of sp³-hybridized carbons (Fsp3) is 0.440. The predicted molar refractivity (Wildman–Crippen MR) is 141 cm³/mol. The van der Waals surface area contributed by atoms with Gasteiger partial charge in [-0.3, -0.25) is 9.59 Å². The van der Waals surface area contributed by atoms with Crippen LogP contribution < -0.4 is 10.6 Å². The van der Waals surface area contributed by atoms with Gasteiger partial charge in [0.1, 0.15) is 5.76 Å². The van der Waals surface area contributed by atoms with E-state index in [2.05, 4.69) is 20.6 Å². The largest absolute Gasteiger partial charge is 0.610 e. The van der Waals surface area contributed by atoms with E-state index in [1.54, 1.807) is 36.7 Å². The zero-order valence-electron chi connectivity index (χ0n) is 20.9. The van der Waals surface area contributed by atoms with Crippen molar-refractivity contribution < 1.29 is 18.6 Å². The van der Waals surface area contributed by atoms with Gasteiger partial charge < -0.3 is 24.5 Å². The molecule has 1 fully saturated rings. The van der Waals surface area contributed by atoms with Crippen molar-refractivity contribution in [3.05, 3.63) is 53.9 Å². The summed E-state index contributed by atoms with van der Waals surface area (Å²) in [5.74, 6) is 1.22. The number of carbonyl (C=O) groups excluding carboxylic acids is 2. The minimum absolute atomic E-state index is 0.0441. The lowest BCUT2D eigenvalue weighted by Crippen LogP contribution is -2.45. The Hall–Kier alpha value is -2.89. The number of likely N-dealkylation sites (tertiary alicyclic amines) is 1. The van der Waals surface area contributed by atoms with Gasteiger partial charge in [0.25, 0.3) is 5.91 Å². The van der Waals surface area contributed by atoms with Crippen LogP contribution in [0.4, 0.5) is 10.8 Å². The van der Waals surface area contributed by atoms with Crippen molar-refractivity contribution in [1.82, 2.24) is 14.9 Å². The molecule has 0 radical (unpaired) electrons. The van der Waals surface area contributed by atoms with Crippen LogP contribution in [-0.2, 0) is 27.1 Å². The van der Waals surface area contributed by atoms with E-state index >= 15 is 0 Å². The Balaban J connectivity index is 1.33. The average Bonchev–Trinajstić information content (AvgIpc) is 3.49. The Morgan fingerprint density at radius 2 is 1.97 bits per heavy atom. The molecule has 2 atom stereocenters. The number of oxazole rings is 1. The molecule has 2 aromatic heterocycles. The fourth-order valence-corrected chi connectivity index (χ4v) is 5.96. The van der Waals surface area contributed by atoms with Crippen LogP contribution in [0.5, 0.6) is 0 Å². The number of nitrogens with zero attached hydrogens (tertiary/aromatic N) is 3. The minimum Gasteiger partial charge on any atom is -0.610 e. The van der Waals surface area contributed by atoms with Gasteiger partial charge in [0.15, 0.2) is 10.9 Å². The Bertz CT molecular complexity index is 1200. The van der Waals surface area contributed by atoms with Crippen LogP contribution in [0.3, 0.4) is 0 Å². The SMILES string of the molecule is CC(=O)Nc1ccc(C(=O)N2CCCC(Nc3ncc([S+]([O-])Cc4ncc(C(C)(C)C)o4)s3)C2)cc1. The van der Waals surface area contributed by atoms with Crippen molar-refractivity contribution in [3.63, 3.8) is 0 Å². The Kier molecular flexibility index (Phi) is 8.01. The van der Waals surface area contributed by atoms with E-state index in [-0.39, 0.29) is 29.0 Å². The molecule has 11 heteroatoms. The van der Waals surface area contributed by atoms with E-state index in [1.807, 2.05) is 25.7 Å². The summed E-state index contributed by atoms with van der Waals surface area (Å²) >= 11 is 0.0392. The molecule has 9 nitrogen and oxygen atoms in total. The molecule has 3 heterocycles. The van der Waals surface area contributed by atoms with Gasteiger partial charge in [-0.15, -0.1) is 0 Å². The first-order chi connectivity index (χ1) is 17.1. The van der Waals surface area contributed by atoms with Crippen LogP contribution in [0.15, 0.2) is 45.3 Å². The van der Waals surface area contributed by atoms with Crippen LogP contribution in [0.2, 0.25) is 0 Å². The number of benzene rings is 1. The number of amides is 2. The van der Waals surface area contributed by atoms with Gasteiger partial charge in [-0.2, -0.15) is 0 Å². The number of hydrogen-bond donors (Lipinski definition) is 2. The maximum atomic E-state index is 13.0. The third-order valence-electron chi connectivity index (χ3n) is 5.74. The van der Waals surface area contributed by atoms with Crippen molar-refractivity contribution in [2.24, 2.45) is 0 Å². The fourth-order valence-electron chi connectivity index (χ4n) is 3.87. The second-order valence-corrected chi connectivity index (χ2v) is 12.5. The second-order valence-electron chi connectivity index (χ2n) is 9.84. The van der Waals surface area contributed by atoms with Gasteiger partial charge in [-0.25, -0.2) is 9.97 Å². The lowest BCUT2D eigenvalue weighted by atomic mass is 9.94. The quantitative estimate of drug-likeness (QED) is 0.435. The van der Waals surface area contributed by atoms with Gasteiger partial charge in [-0.05, 0) is 48.4 Å². The molecular weight excluding hydrogens is 498 g/mol. The molecule has 0 bridgehead atoms. The lowest BCUT2D eigenvalue weighted by Gasteiger charge is -2.33. The maximum Gasteiger partial charge on any atom is 0.253 e. The number of carbonyl (C=O) groups is 2. The van der Waals surface area contributed by atoms with Gasteiger partial charge in [0, 0.05) is 53.9 Å². The van der Waals surface area contributed by atoms with E-state index in [0.29, 0.717) is 39.6 Å². The monoisotopic (exact) mass is 529 g/mol. The van der Waals surface area contributed by atoms with Crippen molar-refractivity contribution in [2.45, 2.75) is 62.0 Å². The highest BCUT2D eigenvalue weighted by Crippen LogP contribution is 2.29. The molecule has 0 saturated carbocycles. The van der Waals surface area contributed by atoms with Gasteiger partial charge in [0.2, 0.25) is 16.0 Å². The Morgan fingerprint density at radius 3 is 2.64 bits per heavy atom. The van der Waals surface area contributed by atoms with E-state index in [0.717, 1.165) is 18.6 Å². The summed E-state index contributed by atoms with van der Waals surface area (Å²) in [6.45, 7) is 8.81. The summed E-state index contributed by atoms with van der Waals surface area (Å²) < 4.78 is 19.3. The van der Waals surface area contributed by atoms with Gasteiger partial charge in [0.05, 0.1) is 12.4 Å². The number of rotatable bonds is 7. The number of nitrogens with one attached hydrogen (secondary N) is 2. The first-order valence-corrected chi connectivity index (χ1v) is 13.9. The maximum absolute atomic E-state index is 13.0. The van der Waals surface area contributed by atoms with Crippen LogP contribution in [0.1, 0.15) is 62.5 Å². The number of thiazole rings is 1. The number of aromatic nitrogens is 2. The van der Waals surface area contributed by atoms with E-state index in [1.165, 1.54) is 18.3 Å². The summed E-state index contributed by atoms with van der Waals surface area (Å²) in [4.78, 5) is 34.7. The third kappa shape index (κ3) is 6.65. The molecule has 1 aliphatic heterocycles. The molecule has 2 N–H and O–H groups in total. The van der Waals surface area contributed by atoms with E-state index < -0.39 is 11.2 Å². The summed E-state index contributed by atoms with van der Waals surface area (Å²) in [5.41, 5.74) is 1.09. The Morgan fingerprint density at radius 1 is 1.22 bits per heavy atom. The normalized spacial score (nSPS) is 17.0. The molecule has 1 aliphatic rings. The van der Waals surface area contributed by atoms with Crippen LogP contribution in [0.25, 0.3) is 0 Å². The number of anilines is 2. The van der Waals surface area contributed by atoms with Crippen molar-refractivity contribution in [1.29, 1.82) is 0 Å². The second kappa shape index (κ2) is 11.0. The van der Waals surface area contributed by atoms with Crippen LogP contribution in [0, 0.1) is 0 Å². The molecule has 2 amide bonds. The molecule has 1 aromatic carbocycles. The van der Waals surface area contributed by atoms with E-state index in [9.17, 15) is 14.1 Å². The smallest absolute Gasteiger partial charge is 0.253 e. The van der Waals surface area contributed by atoms with Crippen LogP contribution in [-0.4, -0.2) is 50.4 Å². The van der Waals surface area contributed by atoms with Gasteiger partial charge in [-0.1, -0.05) is 20.8 Å². The highest BCUT2D eigenvalue weighted by molar-refractivity contribution is 7.92. The zero-order valence-corrected chi connectivity index (χ0v) is 22.5. The third-order valence-corrected chi connectivity index (χ3v) is 8.34. The van der Waals surface area contributed by atoms with Crippen LogP contribution >= 0.6 is 11.3 Å². The number of piperidine rings is 1. The number of hydrogen-bond acceptors (Lipinski definition) is 8. The first kappa shape index (κ1) is 26.2. The van der Waals surface area contributed by atoms with Crippen molar-refractivity contribution in [2.75, 3.05) is 23.7 Å². The minimum atomic E-state index is -1.31. The van der Waals surface area contributed by atoms with Crippen molar-refractivity contribution >= 4 is 45.1 Å². The molecule has 3 aromatic rings. The van der Waals surface area contributed by atoms with Gasteiger partial charge >= 0.3 is 0 Å². The molecule has 192 valence electrons. The summed E-state index contributed by atoms with van der Waals surface area (Å²) in [5, 5.41) is 6.79. The highest BCUT2D eigenvalue weighted by atomic mass is 32.2. The topological polar surface area (TPSA) is 123 Å².